The highest BCUT2D eigenvalue weighted by Crippen LogP contribution is 2.70. The summed E-state index contributed by atoms with van der Waals surface area (Å²) >= 11 is 0. The molecule has 7 aliphatic rings. The topological polar surface area (TPSA) is 97.3 Å². The lowest BCUT2D eigenvalue weighted by molar-refractivity contribution is -0.272. The van der Waals surface area contributed by atoms with Gasteiger partial charge in [-0.2, -0.15) is 0 Å². The molecule has 4 aliphatic carbocycles. The second-order valence-corrected chi connectivity index (χ2v) is 17.6. The minimum absolute atomic E-state index is 0.0513. The van der Waals surface area contributed by atoms with Crippen molar-refractivity contribution < 1.29 is 28.9 Å². The van der Waals surface area contributed by atoms with E-state index in [0.29, 0.717) is 73.0 Å². The minimum atomic E-state index is -0.391. The van der Waals surface area contributed by atoms with Gasteiger partial charge in [-0.05, 0) is 112 Å². The third-order valence-electron chi connectivity index (χ3n) is 14.8. The summed E-state index contributed by atoms with van der Waals surface area (Å²) in [7, 11) is 0. The zero-order valence-corrected chi connectivity index (χ0v) is 29.8. The van der Waals surface area contributed by atoms with Crippen LogP contribution in [0.3, 0.4) is 0 Å². The fourth-order valence-electron chi connectivity index (χ4n) is 12.2. The molecule has 8 nitrogen and oxygen atoms in total. The molecule has 0 unspecified atom stereocenters. The maximum atomic E-state index is 12.7. The fourth-order valence-corrected chi connectivity index (χ4v) is 12.2. The van der Waals surface area contributed by atoms with E-state index < -0.39 is 6.10 Å². The molecule has 0 radical (unpaired) electrons. The molecular formula is C39H62N2O6. The van der Waals surface area contributed by atoms with E-state index in [-0.39, 0.29) is 35.3 Å². The van der Waals surface area contributed by atoms with Crippen LogP contribution in [0, 0.1) is 46.3 Å². The Labute approximate surface area is 283 Å². The van der Waals surface area contributed by atoms with E-state index in [1.165, 1.54) is 31.3 Å². The molecule has 0 aromatic carbocycles. The average Bonchev–Trinajstić information content (AvgIpc) is 3.63. The summed E-state index contributed by atoms with van der Waals surface area (Å²) in [6, 6.07) is 0.121. The van der Waals surface area contributed by atoms with E-state index in [1.54, 1.807) is 4.90 Å². The second kappa shape index (κ2) is 12.9. The number of aliphatic hydroxyl groups is 1. The van der Waals surface area contributed by atoms with Crippen molar-refractivity contribution in [3.8, 4) is 0 Å². The first-order valence-corrected chi connectivity index (χ1v) is 19.4. The van der Waals surface area contributed by atoms with Crippen LogP contribution in [0.4, 0.5) is 4.79 Å². The normalized spacial score (nSPS) is 47.1. The summed E-state index contributed by atoms with van der Waals surface area (Å²) in [6.07, 6.45) is 15.9. The van der Waals surface area contributed by atoms with E-state index in [9.17, 15) is 14.7 Å². The third-order valence-corrected chi connectivity index (χ3v) is 14.8. The van der Waals surface area contributed by atoms with Crippen LogP contribution in [-0.4, -0.2) is 71.8 Å². The highest BCUT2D eigenvalue weighted by atomic mass is 16.7. The predicted molar refractivity (Wildman–Crippen MR) is 180 cm³/mol. The number of carbonyl (C=O) groups excluding carboxylic acids is 2. The molecule has 7 rings (SSSR count). The van der Waals surface area contributed by atoms with Crippen molar-refractivity contribution in [1.29, 1.82) is 0 Å². The Hall–Kier alpha value is -1.64. The monoisotopic (exact) mass is 654 g/mol. The molecule has 2 amide bonds. The molecule has 6 fully saturated rings. The van der Waals surface area contributed by atoms with Gasteiger partial charge in [0.25, 0.3) is 0 Å². The molecule has 3 saturated heterocycles. The first-order valence-electron chi connectivity index (χ1n) is 19.4. The number of unbranched alkanes of at least 4 members (excludes halogenated alkanes) is 2. The van der Waals surface area contributed by atoms with Gasteiger partial charge in [0.2, 0.25) is 5.91 Å². The lowest BCUT2D eigenvalue weighted by atomic mass is 9.47. The molecule has 264 valence electrons. The van der Waals surface area contributed by atoms with Crippen molar-refractivity contribution in [2.24, 2.45) is 46.3 Å². The van der Waals surface area contributed by atoms with Crippen molar-refractivity contribution in [3.05, 3.63) is 11.6 Å². The quantitative estimate of drug-likeness (QED) is 0.227. The number of β-amino-alcohol motifs (C(OH)–C–C–N with tert-alkyl or cyclic N) is 1. The third kappa shape index (κ3) is 5.98. The van der Waals surface area contributed by atoms with Crippen molar-refractivity contribution in [2.75, 3.05) is 19.7 Å². The van der Waals surface area contributed by atoms with Crippen molar-refractivity contribution in [1.82, 2.24) is 10.2 Å². The summed E-state index contributed by atoms with van der Waals surface area (Å²) in [6.45, 7) is 13.7. The number of amides is 2. The Morgan fingerprint density at radius 1 is 1.04 bits per heavy atom. The van der Waals surface area contributed by atoms with Crippen LogP contribution in [-0.2, 0) is 19.0 Å². The molecule has 2 N–H and O–H groups in total. The molecule has 0 bridgehead atoms. The number of carbonyl (C=O) groups is 2. The van der Waals surface area contributed by atoms with Crippen LogP contribution in [0.2, 0.25) is 0 Å². The number of aliphatic hydroxyl groups excluding tert-OH is 1. The zero-order valence-electron chi connectivity index (χ0n) is 29.8. The Morgan fingerprint density at radius 3 is 2.62 bits per heavy atom. The highest BCUT2D eigenvalue weighted by Gasteiger charge is 2.68. The largest absolute Gasteiger partial charge is 0.446 e. The van der Waals surface area contributed by atoms with Gasteiger partial charge in [0, 0.05) is 44.3 Å². The van der Waals surface area contributed by atoms with Gasteiger partial charge >= 0.3 is 6.09 Å². The molecule has 3 aliphatic heterocycles. The van der Waals surface area contributed by atoms with Crippen molar-refractivity contribution in [3.63, 3.8) is 0 Å². The Balaban J connectivity index is 0.878. The average molecular weight is 655 g/mol. The SMILES string of the molecule is C[C@@H]1CC[C@@]2(OC1)O[C@H]1C[C@H]3[C@@H]4CC=C5C[C@@H](OC(=O)NCCCCCC(=O)N6C[C@H](O)C[C@H]6C)CC[C@]5(C)[C@H]4CC[C@]3(C)[C@H]1[C@@H]2C. The fraction of sp³-hybridized carbons (Fsp3) is 0.897. The van der Waals surface area contributed by atoms with Crippen molar-refractivity contribution in [2.45, 2.75) is 155 Å². The number of hydrogen-bond acceptors (Lipinski definition) is 6. The summed E-state index contributed by atoms with van der Waals surface area (Å²) in [5, 5.41) is 12.8. The molecule has 3 heterocycles. The van der Waals surface area contributed by atoms with Crippen LogP contribution in [0.15, 0.2) is 11.6 Å². The van der Waals surface area contributed by atoms with Gasteiger partial charge in [-0.15, -0.1) is 0 Å². The molecule has 0 aromatic heterocycles. The van der Waals surface area contributed by atoms with Crippen LogP contribution >= 0.6 is 0 Å². The molecule has 1 spiro atoms. The minimum Gasteiger partial charge on any atom is -0.446 e. The van der Waals surface area contributed by atoms with Crippen LogP contribution < -0.4 is 5.32 Å². The smallest absolute Gasteiger partial charge is 0.407 e. The zero-order chi connectivity index (χ0) is 33.1. The van der Waals surface area contributed by atoms with Gasteiger partial charge in [-0.3, -0.25) is 4.79 Å². The van der Waals surface area contributed by atoms with E-state index in [1.807, 2.05) is 6.92 Å². The number of likely N-dealkylation sites (tertiary alicyclic amines) is 1. The number of alkyl carbamates (subject to hydrolysis) is 1. The molecule has 0 aromatic rings. The summed E-state index contributed by atoms with van der Waals surface area (Å²) in [4.78, 5) is 27.0. The number of allylic oxidation sites excluding steroid dienone is 1. The molecule has 8 heteroatoms. The first kappa shape index (κ1) is 33.8. The second-order valence-electron chi connectivity index (χ2n) is 17.6. The number of nitrogens with zero attached hydrogens (tertiary/aromatic N) is 1. The highest BCUT2D eigenvalue weighted by molar-refractivity contribution is 5.76. The number of hydrogen-bond donors (Lipinski definition) is 2. The lowest BCUT2D eigenvalue weighted by Gasteiger charge is -2.58. The lowest BCUT2D eigenvalue weighted by Crippen LogP contribution is -2.52. The van der Waals surface area contributed by atoms with E-state index >= 15 is 0 Å². The van der Waals surface area contributed by atoms with Gasteiger partial charge < -0.3 is 29.5 Å². The van der Waals surface area contributed by atoms with E-state index in [2.05, 4.69) is 39.1 Å². The Bertz CT molecular complexity index is 1210. The maximum absolute atomic E-state index is 12.7. The molecule has 47 heavy (non-hydrogen) atoms. The Morgan fingerprint density at radius 2 is 1.87 bits per heavy atom. The standard InChI is InChI=1S/C39H62N2O6/c1-24-12-17-39(45-23-24)26(3)35-33(47-39)21-32-30-11-10-27-20-29(13-15-37(27,4)31(30)14-16-38(32,35)5)46-36(44)40-18-8-6-7-9-34(43)41-22-28(42)19-25(41)2/h10,24-26,28-33,35,42H,6-9,11-23H2,1-5H3,(H,40,44)/t24-,25-,26+,28-,29+,30-,31+,32+,33+,35+,37+,38+,39-/m1/s1. The number of rotatable bonds is 7. The number of ether oxygens (including phenoxy) is 3. The van der Waals surface area contributed by atoms with Gasteiger partial charge in [-0.1, -0.05) is 45.8 Å². The summed E-state index contributed by atoms with van der Waals surface area (Å²) in [5.74, 6) is 3.60. The number of nitrogens with one attached hydrogen (secondary N) is 1. The summed E-state index contributed by atoms with van der Waals surface area (Å²) < 4.78 is 19.4. The molecule has 13 atom stereocenters. The van der Waals surface area contributed by atoms with Crippen LogP contribution in [0.5, 0.6) is 0 Å². The van der Waals surface area contributed by atoms with E-state index in [0.717, 1.165) is 58.0 Å². The van der Waals surface area contributed by atoms with Crippen LogP contribution in [0.1, 0.15) is 125 Å². The molecular weight excluding hydrogens is 592 g/mol. The van der Waals surface area contributed by atoms with Crippen LogP contribution in [0.25, 0.3) is 0 Å². The maximum Gasteiger partial charge on any atom is 0.407 e. The van der Waals surface area contributed by atoms with Gasteiger partial charge in [0.05, 0.1) is 18.8 Å². The Kier molecular flexibility index (Phi) is 9.30. The molecule has 3 saturated carbocycles. The number of fused-ring (bicyclic) bond motifs is 7. The van der Waals surface area contributed by atoms with Gasteiger partial charge in [0.1, 0.15) is 6.10 Å². The predicted octanol–water partition coefficient (Wildman–Crippen LogP) is 6.99. The van der Waals surface area contributed by atoms with E-state index in [4.69, 9.17) is 14.2 Å². The summed E-state index contributed by atoms with van der Waals surface area (Å²) in [5.41, 5.74) is 2.06. The van der Waals surface area contributed by atoms with Crippen molar-refractivity contribution >= 4 is 12.0 Å². The van der Waals surface area contributed by atoms with Gasteiger partial charge in [0.15, 0.2) is 5.79 Å². The van der Waals surface area contributed by atoms with Gasteiger partial charge in [-0.25, -0.2) is 4.79 Å². The first-order chi connectivity index (χ1) is 22.4.